The third-order valence-corrected chi connectivity index (χ3v) is 0. The Hall–Kier alpha value is 0.270. The average Bonchev–Trinajstić information content (AvgIpc) is 0.918. The number of nitrogens with zero attached hydrogens (tertiary/aromatic N) is 1. The zero-order chi connectivity index (χ0) is 2.71. The van der Waals surface area contributed by atoms with E-state index >= 15 is 0 Å². The molecule has 4 heavy (non-hydrogen) atoms. The molecule has 0 bridgehead atoms. The molecular formula is HInNO2. The molecule has 0 amide bonds. The summed E-state index contributed by atoms with van der Waals surface area (Å²) in [4.78, 5) is 8.11. The maximum atomic E-state index is 8.11. The van der Waals surface area contributed by atoms with E-state index in [-0.39, 0.29) is 25.8 Å². The van der Waals surface area contributed by atoms with Crippen LogP contribution in [-0.2, 0) is 0 Å². The summed E-state index contributed by atoms with van der Waals surface area (Å²) in [6.45, 7) is 0. The van der Waals surface area contributed by atoms with Crippen molar-refractivity contribution in [1.82, 2.24) is 0 Å². The molecule has 0 aromatic rings. The van der Waals surface area contributed by atoms with Crippen molar-refractivity contribution in [2.45, 2.75) is 0 Å². The third kappa shape index (κ3) is 50.2. The Morgan fingerprint density at radius 2 is 1.75 bits per heavy atom. The molecule has 0 unspecified atom stereocenters. The summed E-state index contributed by atoms with van der Waals surface area (Å²) < 4.78 is 0. The number of hydrogen-bond acceptors (Lipinski definition) is 2. The molecule has 0 aromatic heterocycles. The van der Waals surface area contributed by atoms with Gasteiger partial charge in [0.25, 0.3) is 0 Å². The van der Waals surface area contributed by atoms with Crippen LogP contribution in [0.3, 0.4) is 0 Å². The van der Waals surface area contributed by atoms with Crippen LogP contribution < -0.4 is 0 Å². The fourth-order valence-electron chi connectivity index (χ4n) is 0. The summed E-state index contributed by atoms with van der Waals surface area (Å²) in [6.07, 6.45) is 0. The first-order valence-corrected chi connectivity index (χ1v) is 0.383. The van der Waals surface area contributed by atoms with Crippen molar-refractivity contribution in [2.24, 2.45) is 5.34 Å². The average molecular weight is 162 g/mol. The van der Waals surface area contributed by atoms with E-state index in [2.05, 4.69) is 0 Å². The van der Waals surface area contributed by atoms with Crippen molar-refractivity contribution in [1.29, 1.82) is 0 Å². The van der Waals surface area contributed by atoms with E-state index in [0.717, 1.165) is 0 Å². The fraction of sp³-hybridized carbons (Fsp3) is 0. The Morgan fingerprint density at radius 1 is 1.75 bits per heavy atom. The minimum Gasteiger partial charge on any atom is -0.379 e. The van der Waals surface area contributed by atoms with E-state index in [1.807, 2.05) is 0 Å². The van der Waals surface area contributed by atoms with E-state index in [9.17, 15) is 0 Å². The van der Waals surface area contributed by atoms with Gasteiger partial charge < -0.3 is 5.21 Å². The van der Waals surface area contributed by atoms with Gasteiger partial charge in [-0.2, -0.15) is 0 Å². The fourth-order valence-corrected chi connectivity index (χ4v) is 0. The molecule has 0 spiro atoms. The van der Waals surface area contributed by atoms with Crippen LogP contribution >= 0.6 is 0 Å². The first-order chi connectivity index (χ1) is 1.41. The summed E-state index contributed by atoms with van der Waals surface area (Å²) in [6, 6.07) is 0. The van der Waals surface area contributed by atoms with E-state index in [4.69, 9.17) is 10.1 Å². The van der Waals surface area contributed by atoms with Crippen LogP contribution in [0.2, 0.25) is 0 Å². The van der Waals surface area contributed by atoms with Gasteiger partial charge in [-0.25, -0.2) is 0 Å². The summed E-state index contributed by atoms with van der Waals surface area (Å²) in [7, 11) is 0. The van der Waals surface area contributed by atoms with Gasteiger partial charge in [0, 0.05) is 25.8 Å². The molecule has 0 fully saturated rings. The van der Waals surface area contributed by atoms with Gasteiger partial charge in [0.2, 0.25) is 0 Å². The smallest absolute Gasteiger partial charge is 0.152 e. The van der Waals surface area contributed by atoms with Gasteiger partial charge in [-0.05, 0) is 0 Å². The zero-order valence-corrected chi connectivity index (χ0v) is 5.18. The Bertz CT molecular complexity index is 13.5. The minimum absolute atomic E-state index is 0. The summed E-state index contributed by atoms with van der Waals surface area (Å²) in [5.74, 6) is 0. The van der Waals surface area contributed by atoms with Crippen molar-refractivity contribution >= 4 is 25.8 Å². The standard InChI is InChI=1S/In.HNO2/c;2-1-3/h;(H,2,3). The van der Waals surface area contributed by atoms with Crippen LogP contribution in [0.1, 0.15) is 0 Å². The molecule has 0 saturated carbocycles. The molecular weight excluding hydrogens is 161 g/mol. The maximum absolute atomic E-state index is 8.11. The maximum Gasteiger partial charge on any atom is 0.152 e. The first-order valence-electron chi connectivity index (χ1n) is 0.383. The van der Waals surface area contributed by atoms with E-state index in [1.165, 1.54) is 5.34 Å². The van der Waals surface area contributed by atoms with Crippen LogP contribution in [0.5, 0.6) is 0 Å². The van der Waals surface area contributed by atoms with Crippen molar-refractivity contribution in [3.05, 3.63) is 4.91 Å². The van der Waals surface area contributed by atoms with Crippen molar-refractivity contribution < 1.29 is 5.21 Å². The van der Waals surface area contributed by atoms with Crippen LogP contribution in [0.4, 0.5) is 0 Å². The molecule has 21 valence electrons. The molecule has 0 aliphatic heterocycles. The van der Waals surface area contributed by atoms with Gasteiger partial charge in [0.15, 0.2) is 5.34 Å². The van der Waals surface area contributed by atoms with Crippen molar-refractivity contribution in [3.8, 4) is 0 Å². The van der Waals surface area contributed by atoms with Crippen molar-refractivity contribution in [2.75, 3.05) is 0 Å². The molecule has 0 aliphatic carbocycles. The normalized spacial score (nSPS) is 3.00. The van der Waals surface area contributed by atoms with Gasteiger partial charge in [0.1, 0.15) is 0 Å². The van der Waals surface area contributed by atoms with Gasteiger partial charge >= 0.3 is 0 Å². The second-order valence-corrected chi connectivity index (χ2v) is 0.0816. The predicted molar refractivity (Wildman–Crippen MR) is 13.3 cm³/mol. The largest absolute Gasteiger partial charge is 0.379 e. The molecule has 1 N–H and O–H groups in total. The van der Waals surface area contributed by atoms with Crippen molar-refractivity contribution in [3.63, 3.8) is 0 Å². The Morgan fingerprint density at radius 3 is 1.75 bits per heavy atom. The zero-order valence-electron chi connectivity index (χ0n) is 1.88. The molecule has 0 aromatic carbocycles. The molecule has 0 atom stereocenters. The van der Waals surface area contributed by atoms with E-state index in [0.29, 0.717) is 0 Å². The molecule has 0 heterocycles. The van der Waals surface area contributed by atoms with E-state index < -0.39 is 0 Å². The molecule has 3 radical (unpaired) electrons. The number of hydrogen-bond donors (Lipinski definition) is 1. The van der Waals surface area contributed by atoms with E-state index in [1.54, 1.807) is 0 Å². The Balaban J connectivity index is 0. The Labute approximate surface area is 41.7 Å². The molecule has 3 nitrogen and oxygen atoms in total. The summed E-state index contributed by atoms with van der Waals surface area (Å²) in [5.41, 5.74) is 0. The van der Waals surface area contributed by atoms with Gasteiger partial charge in [-0.1, -0.05) is 0 Å². The Kier molecular flexibility index (Phi) is 23.1. The third-order valence-electron chi connectivity index (χ3n) is 0. The second-order valence-electron chi connectivity index (χ2n) is 0.0816. The summed E-state index contributed by atoms with van der Waals surface area (Å²) in [5, 5.41) is 7.89. The van der Waals surface area contributed by atoms with Gasteiger partial charge in [-0.3, -0.25) is 0 Å². The van der Waals surface area contributed by atoms with Crippen LogP contribution in [0.15, 0.2) is 5.34 Å². The van der Waals surface area contributed by atoms with Gasteiger partial charge in [-0.15, -0.1) is 4.91 Å². The SMILES string of the molecule is O=NO.[In]. The molecule has 0 saturated heterocycles. The monoisotopic (exact) mass is 162 g/mol. The van der Waals surface area contributed by atoms with Crippen LogP contribution in [-0.4, -0.2) is 31.1 Å². The molecule has 0 rings (SSSR count). The van der Waals surface area contributed by atoms with Crippen LogP contribution in [0, 0.1) is 4.91 Å². The number of rotatable bonds is 0. The molecule has 4 heteroatoms. The van der Waals surface area contributed by atoms with Crippen LogP contribution in [0.25, 0.3) is 0 Å². The minimum atomic E-state index is 0. The topological polar surface area (TPSA) is 49.7 Å². The molecule has 0 aliphatic rings. The first kappa shape index (κ1) is 8.86. The predicted octanol–water partition coefficient (Wildman–Crippen LogP) is -0.239. The second kappa shape index (κ2) is 10.4. The summed E-state index contributed by atoms with van der Waals surface area (Å²) >= 11 is 0. The quantitative estimate of drug-likeness (QED) is 0.394. The van der Waals surface area contributed by atoms with Gasteiger partial charge in [0.05, 0.1) is 0 Å².